The highest BCUT2D eigenvalue weighted by Crippen LogP contribution is 2.23. The lowest BCUT2D eigenvalue weighted by Crippen LogP contribution is -2.03. The summed E-state index contributed by atoms with van der Waals surface area (Å²) in [5.41, 5.74) is 2.08. The Morgan fingerprint density at radius 3 is 2.67 bits per heavy atom. The van der Waals surface area contributed by atoms with Crippen molar-refractivity contribution in [2.24, 2.45) is 0 Å². The van der Waals surface area contributed by atoms with Crippen LogP contribution < -0.4 is 5.63 Å². The molecule has 2 heterocycles. The maximum absolute atomic E-state index is 11.9. The molecule has 0 radical (unpaired) electrons. The maximum atomic E-state index is 11.9. The highest BCUT2D eigenvalue weighted by Gasteiger charge is 2.14. The van der Waals surface area contributed by atoms with Crippen molar-refractivity contribution in [3.05, 3.63) is 52.1 Å². The predicted octanol–water partition coefficient (Wildman–Crippen LogP) is 3.06. The van der Waals surface area contributed by atoms with E-state index < -0.39 is 5.63 Å². The number of hydrogen-bond acceptors (Lipinski definition) is 4. The summed E-state index contributed by atoms with van der Waals surface area (Å²) in [6.45, 7) is 3.79. The van der Waals surface area contributed by atoms with Crippen LogP contribution in [0.3, 0.4) is 0 Å². The minimum Gasteiger partial charge on any atom is -0.459 e. The first-order chi connectivity index (χ1) is 8.66. The van der Waals surface area contributed by atoms with Crippen molar-refractivity contribution in [3.63, 3.8) is 0 Å². The van der Waals surface area contributed by atoms with Crippen LogP contribution in [0.2, 0.25) is 0 Å². The highest BCUT2D eigenvalue weighted by molar-refractivity contribution is 5.81. The fraction of sp³-hybridized carbons (Fsp3) is 0.143. The average Bonchev–Trinajstić information content (AvgIpc) is 2.77. The minimum atomic E-state index is -0.394. The lowest BCUT2D eigenvalue weighted by atomic mass is 10.1. The van der Waals surface area contributed by atoms with Crippen LogP contribution in [-0.2, 0) is 0 Å². The molecule has 0 spiro atoms. The Kier molecular flexibility index (Phi) is 2.30. The van der Waals surface area contributed by atoms with Crippen LogP contribution in [0.15, 0.2) is 44.2 Å². The van der Waals surface area contributed by atoms with E-state index in [0.717, 1.165) is 11.1 Å². The summed E-state index contributed by atoms with van der Waals surface area (Å²) in [6, 6.07) is 7.24. The van der Waals surface area contributed by atoms with Gasteiger partial charge in [0.15, 0.2) is 5.76 Å². The van der Waals surface area contributed by atoms with Gasteiger partial charge in [-0.3, -0.25) is 0 Å². The quantitative estimate of drug-likeness (QED) is 0.657. The molecule has 0 amide bonds. The number of rotatable bonds is 1. The van der Waals surface area contributed by atoms with Crippen LogP contribution in [0.25, 0.3) is 22.6 Å². The third-order valence-electron chi connectivity index (χ3n) is 2.92. The SMILES string of the molecule is Cc1ccoc1-c1nc2c(C)cccc2c(=O)o1. The Balaban J connectivity index is 2.37. The normalized spacial score (nSPS) is 11.0. The highest BCUT2D eigenvalue weighted by atomic mass is 16.4. The van der Waals surface area contributed by atoms with E-state index in [0.29, 0.717) is 16.7 Å². The van der Waals surface area contributed by atoms with Crippen LogP contribution in [0.5, 0.6) is 0 Å². The summed E-state index contributed by atoms with van der Waals surface area (Å²) < 4.78 is 10.5. The van der Waals surface area contributed by atoms with E-state index in [9.17, 15) is 4.79 Å². The standard InChI is InChI=1S/C14H11NO3/c1-8-4-3-5-10-11(8)15-13(18-14(10)16)12-9(2)6-7-17-12/h3-7H,1-2H3. The van der Waals surface area contributed by atoms with Gasteiger partial charge >= 0.3 is 5.63 Å². The van der Waals surface area contributed by atoms with E-state index in [2.05, 4.69) is 4.98 Å². The summed E-state index contributed by atoms with van der Waals surface area (Å²) >= 11 is 0. The smallest absolute Gasteiger partial charge is 0.347 e. The van der Waals surface area contributed by atoms with E-state index in [1.54, 1.807) is 18.4 Å². The lowest BCUT2D eigenvalue weighted by molar-refractivity contribution is 0.481. The van der Waals surface area contributed by atoms with Gasteiger partial charge in [-0.05, 0) is 31.5 Å². The number of furan rings is 1. The van der Waals surface area contributed by atoms with Crippen molar-refractivity contribution in [2.75, 3.05) is 0 Å². The van der Waals surface area contributed by atoms with Crippen molar-refractivity contribution >= 4 is 10.9 Å². The van der Waals surface area contributed by atoms with E-state index in [1.807, 2.05) is 26.0 Å². The first-order valence-corrected chi connectivity index (χ1v) is 5.62. The summed E-state index contributed by atoms with van der Waals surface area (Å²) in [6.07, 6.45) is 1.55. The molecule has 1 aromatic carbocycles. The van der Waals surface area contributed by atoms with Crippen LogP contribution in [0.1, 0.15) is 11.1 Å². The predicted molar refractivity (Wildman–Crippen MR) is 67.5 cm³/mol. The largest absolute Gasteiger partial charge is 0.459 e. The lowest BCUT2D eigenvalue weighted by Gasteiger charge is -2.02. The topological polar surface area (TPSA) is 56.2 Å². The second-order valence-corrected chi connectivity index (χ2v) is 4.21. The molecule has 0 saturated heterocycles. The van der Waals surface area contributed by atoms with Gasteiger partial charge in [0, 0.05) is 5.56 Å². The van der Waals surface area contributed by atoms with Crippen LogP contribution in [0, 0.1) is 13.8 Å². The van der Waals surface area contributed by atoms with E-state index in [1.165, 1.54) is 0 Å². The second kappa shape index (κ2) is 3.84. The maximum Gasteiger partial charge on any atom is 0.347 e. The van der Waals surface area contributed by atoms with Crippen molar-refractivity contribution < 1.29 is 8.83 Å². The third kappa shape index (κ3) is 1.54. The molecule has 3 aromatic rings. The molecule has 90 valence electrons. The zero-order valence-electron chi connectivity index (χ0n) is 10.1. The molecule has 4 nitrogen and oxygen atoms in total. The zero-order chi connectivity index (χ0) is 12.7. The number of fused-ring (bicyclic) bond motifs is 1. The summed E-state index contributed by atoms with van der Waals surface area (Å²) in [5, 5.41) is 0.489. The number of para-hydroxylation sites is 1. The van der Waals surface area contributed by atoms with Gasteiger partial charge in [-0.2, -0.15) is 0 Å². The average molecular weight is 241 g/mol. The molecule has 0 atom stereocenters. The third-order valence-corrected chi connectivity index (χ3v) is 2.92. The number of nitrogens with zero attached hydrogens (tertiary/aromatic N) is 1. The molecular weight excluding hydrogens is 230 g/mol. The minimum absolute atomic E-state index is 0.226. The molecule has 2 aromatic heterocycles. The summed E-state index contributed by atoms with van der Waals surface area (Å²) in [5.74, 6) is 0.724. The monoisotopic (exact) mass is 241 g/mol. The van der Waals surface area contributed by atoms with Gasteiger partial charge in [0.25, 0.3) is 5.89 Å². The van der Waals surface area contributed by atoms with E-state index in [4.69, 9.17) is 8.83 Å². The number of aromatic nitrogens is 1. The fourth-order valence-corrected chi connectivity index (χ4v) is 1.93. The summed E-state index contributed by atoms with van der Waals surface area (Å²) in [4.78, 5) is 16.3. The Labute approximate surface area is 103 Å². The molecule has 0 aliphatic carbocycles. The number of hydrogen-bond donors (Lipinski definition) is 0. The Hall–Kier alpha value is -2.36. The van der Waals surface area contributed by atoms with Crippen molar-refractivity contribution in [1.82, 2.24) is 4.98 Å². The molecule has 0 aliphatic heterocycles. The Bertz CT molecular complexity index is 783. The molecule has 0 N–H and O–H groups in total. The summed E-state index contributed by atoms with van der Waals surface area (Å²) in [7, 11) is 0. The molecule has 0 bridgehead atoms. The van der Waals surface area contributed by atoms with Crippen LogP contribution >= 0.6 is 0 Å². The molecule has 3 rings (SSSR count). The van der Waals surface area contributed by atoms with E-state index >= 15 is 0 Å². The second-order valence-electron chi connectivity index (χ2n) is 4.21. The molecule has 4 heteroatoms. The first kappa shape index (κ1) is 10.8. The number of aryl methyl sites for hydroxylation is 2. The van der Waals surface area contributed by atoms with Crippen LogP contribution in [-0.4, -0.2) is 4.98 Å². The van der Waals surface area contributed by atoms with Gasteiger partial charge in [-0.25, -0.2) is 9.78 Å². The number of benzene rings is 1. The van der Waals surface area contributed by atoms with Gasteiger partial charge in [-0.1, -0.05) is 12.1 Å². The van der Waals surface area contributed by atoms with Gasteiger partial charge in [-0.15, -0.1) is 0 Å². The van der Waals surface area contributed by atoms with Crippen LogP contribution in [0.4, 0.5) is 0 Å². The Morgan fingerprint density at radius 1 is 1.11 bits per heavy atom. The zero-order valence-corrected chi connectivity index (χ0v) is 10.1. The fourth-order valence-electron chi connectivity index (χ4n) is 1.93. The van der Waals surface area contributed by atoms with E-state index in [-0.39, 0.29) is 5.89 Å². The first-order valence-electron chi connectivity index (χ1n) is 5.62. The molecule has 0 unspecified atom stereocenters. The molecule has 18 heavy (non-hydrogen) atoms. The molecule has 0 saturated carbocycles. The van der Waals surface area contributed by atoms with Crippen molar-refractivity contribution in [3.8, 4) is 11.7 Å². The molecular formula is C14H11NO3. The molecule has 0 aliphatic rings. The van der Waals surface area contributed by atoms with Gasteiger partial charge in [0.1, 0.15) is 0 Å². The van der Waals surface area contributed by atoms with Gasteiger partial charge < -0.3 is 8.83 Å². The van der Waals surface area contributed by atoms with Gasteiger partial charge in [0.2, 0.25) is 0 Å². The van der Waals surface area contributed by atoms with Crippen molar-refractivity contribution in [1.29, 1.82) is 0 Å². The molecule has 0 fully saturated rings. The van der Waals surface area contributed by atoms with Gasteiger partial charge in [0.05, 0.1) is 17.2 Å². The van der Waals surface area contributed by atoms with Crippen molar-refractivity contribution in [2.45, 2.75) is 13.8 Å². The Morgan fingerprint density at radius 2 is 1.94 bits per heavy atom.